The van der Waals surface area contributed by atoms with Crippen molar-refractivity contribution in [1.29, 1.82) is 0 Å². The number of carbonyl (C=O) groups excluding carboxylic acids is 4. The minimum absolute atomic E-state index is 0.185. The normalized spacial score (nSPS) is 15.2. The monoisotopic (exact) mass is 472 g/mol. The zero-order valence-corrected chi connectivity index (χ0v) is 17.5. The molecule has 30 heavy (non-hydrogen) atoms. The Kier molecular flexibility index (Phi) is 6.63. The average molecular weight is 473 g/mol. The van der Waals surface area contributed by atoms with Crippen LogP contribution in [0.5, 0.6) is 5.75 Å². The Hall–Kier alpha value is -3.46. The predicted molar refractivity (Wildman–Crippen MR) is 112 cm³/mol. The summed E-state index contributed by atoms with van der Waals surface area (Å²) in [6, 6.07) is 12.2. The highest BCUT2D eigenvalue weighted by Gasteiger charge is 2.36. The van der Waals surface area contributed by atoms with Crippen molar-refractivity contribution < 1.29 is 28.7 Å². The number of benzene rings is 2. The van der Waals surface area contributed by atoms with Gasteiger partial charge in [-0.05, 0) is 48.9 Å². The molecule has 0 bridgehead atoms. The molecule has 1 N–H and O–H groups in total. The second-order valence-corrected chi connectivity index (χ2v) is 7.02. The molecule has 0 saturated carbocycles. The first-order valence-electron chi connectivity index (χ1n) is 8.94. The maximum absolute atomic E-state index is 12.9. The topological polar surface area (TPSA) is 102 Å². The number of hydrogen-bond donors (Lipinski definition) is 1. The van der Waals surface area contributed by atoms with E-state index in [1.807, 2.05) is 0 Å². The van der Waals surface area contributed by atoms with E-state index in [0.717, 1.165) is 4.90 Å². The fraction of sp³-hybridized carbons (Fsp3) is 0.143. The predicted octanol–water partition coefficient (Wildman–Crippen LogP) is 3.06. The lowest BCUT2D eigenvalue weighted by atomic mass is 10.1. The molecule has 1 heterocycles. The van der Waals surface area contributed by atoms with Crippen LogP contribution in [-0.4, -0.2) is 37.0 Å². The SMILES string of the molecule is CCOC(=O)COc1ccc(/C=C2\C(=O)NC(=O)N(c3cccc(Br)c3)C2=O)cc1. The Bertz CT molecular complexity index is 1030. The van der Waals surface area contributed by atoms with Crippen LogP contribution in [0.25, 0.3) is 6.08 Å². The van der Waals surface area contributed by atoms with Crippen molar-refractivity contribution in [3.63, 3.8) is 0 Å². The summed E-state index contributed by atoms with van der Waals surface area (Å²) in [7, 11) is 0. The van der Waals surface area contributed by atoms with Crippen LogP contribution >= 0.6 is 15.9 Å². The first-order valence-corrected chi connectivity index (χ1v) is 9.74. The number of esters is 1. The van der Waals surface area contributed by atoms with Gasteiger partial charge in [0.05, 0.1) is 12.3 Å². The Morgan fingerprint density at radius 3 is 2.53 bits per heavy atom. The summed E-state index contributed by atoms with van der Waals surface area (Å²) in [4.78, 5) is 49.5. The zero-order valence-electron chi connectivity index (χ0n) is 15.9. The minimum atomic E-state index is -0.817. The Morgan fingerprint density at radius 1 is 1.13 bits per heavy atom. The van der Waals surface area contributed by atoms with Gasteiger partial charge in [0.15, 0.2) is 6.61 Å². The van der Waals surface area contributed by atoms with E-state index in [1.54, 1.807) is 55.5 Å². The average Bonchev–Trinajstić information content (AvgIpc) is 2.70. The number of urea groups is 1. The fourth-order valence-corrected chi connectivity index (χ4v) is 3.07. The van der Waals surface area contributed by atoms with Crippen molar-refractivity contribution in [3.8, 4) is 5.75 Å². The number of carbonyl (C=O) groups is 4. The summed E-state index contributed by atoms with van der Waals surface area (Å²) in [6.07, 6.45) is 1.38. The van der Waals surface area contributed by atoms with Crippen LogP contribution in [0.1, 0.15) is 12.5 Å². The van der Waals surface area contributed by atoms with Gasteiger partial charge >= 0.3 is 12.0 Å². The van der Waals surface area contributed by atoms with Gasteiger partial charge in [-0.1, -0.05) is 34.1 Å². The van der Waals surface area contributed by atoms with E-state index in [-0.39, 0.29) is 18.8 Å². The van der Waals surface area contributed by atoms with Gasteiger partial charge < -0.3 is 9.47 Å². The molecular weight excluding hydrogens is 456 g/mol. The van der Waals surface area contributed by atoms with Crippen LogP contribution in [-0.2, 0) is 19.1 Å². The van der Waals surface area contributed by atoms with Crippen molar-refractivity contribution in [2.24, 2.45) is 0 Å². The molecule has 2 aromatic rings. The first-order chi connectivity index (χ1) is 14.4. The van der Waals surface area contributed by atoms with Crippen molar-refractivity contribution in [3.05, 3.63) is 64.1 Å². The highest BCUT2D eigenvalue weighted by Crippen LogP contribution is 2.25. The largest absolute Gasteiger partial charge is 0.482 e. The number of nitrogens with one attached hydrogen (secondary N) is 1. The lowest BCUT2D eigenvalue weighted by molar-refractivity contribution is -0.145. The molecule has 1 aliphatic heterocycles. The van der Waals surface area contributed by atoms with E-state index in [2.05, 4.69) is 21.2 Å². The third-order valence-electron chi connectivity index (χ3n) is 4.02. The highest BCUT2D eigenvalue weighted by atomic mass is 79.9. The van der Waals surface area contributed by atoms with Gasteiger partial charge in [0.25, 0.3) is 11.8 Å². The summed E-state index contributed by atoms with van der Waals surface area (Å²) in [5, 5.41) is 2.17. The van der Waals surface area contributed by atoms with Crippen LogP contribution in [0.2, 0.25) is 0 Å². The number of nitrogens with zero attached hydrogens (tertiary/aromatic N) is 1. The van der Waals surface area contributed by atoms with E-state index in [4.69, 9.17) is 9.47 Å². The molecule has 0 aliphatic carbocycles. The summed E-state index contributed by atoms with van der Waals surface area (Å²) in [5.41, 5.74) is 0.684. The lowest BCUT2D eigenvalue weighted by Gasteiger charge is -2.26. The van der Waals surface area contributed by atoms with Crippen LogP contribution in [0.3, 0.4) is 0 Å². The second-order valence-electron chi connectivity index (χ2n) is 6.10. The third kappa shape index (κ3) is 4.93. The van der Waals surface area contributed by atoms with Crippen molar-refractivity contribution >= 4 is 51.5 Å². The van der Waals surface area contributed by atoms with Crippen LogP contribution in [0.4, 0.5) is 10.5 Å². The smallest absolute Gasteiger partial charge is 0.344 e. The number of rotatable bonds is 6. The number of amides is 4. The van der Waals surface area contributed by atoms with Gasteiger partial charge in [-0.15, -0.1) is 0 Å². The van der Waals surface area contributed by atoms with E-state index in [9.17, 15) is 19.2 Å². The second kappa shape index (κ2) is 9.36. The van der Waals surface area contributed by atoms with Gasteiger partial charge in [-0.3, -0.25) is 14.9 Å². The van der Waals surface area contributed by atoms with Crippen LogP contribution in [0, 0.1) is 0 Å². The highest BCUT2D eigenvalue weighted by molar-refractivity contribution is 9.10. The van der Waals surface area contributed by atoms with Gasteiger partial charge in [-0.2, -0.15) is 0 Å². The van der Waals surface area contributed by atoms with E-state index >= 15 is 0 Å². The van der Waals surface area contributed by atoms with Gasteiger partial charge in [0.1, 0.15) is 11.3 Å². The molecule has 3 rings (SSSR count). The number of anilines is 1. The van der Waals surface area contributed by atoms with E-state index in [0.29, 0.717) is 21.5 Å². The van der Waals surface area contributed by atoms with E-state index in [1.165, 1.54) is 6.08 Å². The molecule has 1 saturated heterocycles. The summed E-state index contributed by atoms with van der Waals surface area (Å²) < 4.78 is 10.8. The number of ether oxygens (including phenoxy) is 2. The Labute approximate surface area is 180 Å². The van der Waals surface area contributed by atoms with Crippen molar-refractivity contribution in [2.75, 3.05) is 18.1 Å². The quantitative estimate of drug-likeness (QED) is 0.393. The molecule has 1 fully saturated rings. The van der Waals surface area contributed by atoms with Crippen molar-refractivity contribution in [2.45, 2.75) is 6.92 Å². The molecule has 0 spiro atoms. The molecule has 2 aromatic carbocycles. The van der Waals surface area contributed by atoms with Gasteiger partial charge in [0.2, 0.25) is 0 Å². The molecule has 1 aliphatic rings. The summed E-state index contributed by atoms with van der Waals surface area (Å²) in [5.74, 6) is -1.57. The molecule has 0 aromatic heterocycles. The molecule has 0 atom stereocenters. The number of imide groups is 2. The van der Waals surface area contributed by atoms with Crippen molar-refractivity contribution in [1.82, 2.24) is 5.32 Å². The minimum Gasteiger partial charge on any atom is -0.482 e. The molecule has 154 valence electrons. The number of barbiturate groups is 1. The maximum Gasteiger partial charge on any atom is 0.344 e. The summed E-state index contributed by atoms with van der Waals surface area (Å²) in [6.45, 7) is 1.75. The standard InChI is InChI=1S/C21H17BrN2O6/c1-2-29-18(25)12-30-16-8-6-13(7-9-16)10-17-19(26)23-21(28)24(20(17)27)15-5-3-4-14(22)11-15/h3-11H,2,12H2,1H3,(H,23,26,28)/b17-10+. The van der Waals surface area contributed by atoms with Crippen LogP contribution < -0.4 is 15.0 Å². The molecule has 4 amide bonds. The number of halogens is 1. The zero-order chi connectivity index (χ0) is 21.7. The Morgan fingerprint density at radius 2 is 1.87 bits per heavy atom. The fourth-order valence-electron chi connectivity index (χ4n) is 2.68. The maximum atomic E-state index is 12.9. The van der Waals surface area contributed by atoms with Crippen LogP contribution in [0.15, 0.2) is 58.6 Å². The van der Waals surface area contributed by atoms with E-state index < -0.39 is 23.8 Å². The lowest BCUT2D eigenvalue weighted by Crippen LogP contribution is -2.54. The third-order valence-corrected chi connectivity index (χ3v) is 4.51. The Balaban J connectivity index is 1.79. The molecule has 9 heteroatoms. The molecule has 0 radical (unpaired) electrons. The van der Waals surface area contributed by atoms with Gasteiger partial charge in [0, 0.05) is 4.47 Å². The molecular formula is C21H17BrN2O6. The number of hydrogen-bond acceptors (Lipinski definition) is 6. The first kappa shape index (κ1) is 21.3. The van der Waals surface area contributed by atoms with Gasteiger partial charge in [-0.25, -0.2) is 14.5 Å². The summed E-state index contributed by atoms with van der Waals surface area (Å²) >= 11 is 3.29. The molecule has 0 unspecified atom stereocenters. The molecule has 8 nitrogen and oxygen atoms in total.